The van der Waals surface area contributed by atoms with Gasteiger partial charge in [-0.1, -0.05) is 0 Å². The second-order valence-electron chi connectivity index (χ2n) is 3.14. The number of sulfone groups is 1. The molecular weight excluding hydrogens is 246 g/mol. The normalized spacial score (nSPS) is 11.5. The quantitative estimate of drug-likeness (QED) is 0.887. The van der Waals surface area contributed by atoms with E-state index in [1.165, 1.54) is 29.8 Å². The van der Waals surface area contributed by atoms with Crippen LogP contribution >= 0.6 is 11.3 Å². The standard InChI is InChI=1S/C9H9N3O2S2/c10-8-4-11-2-1-9(8)16(13,14)5-7-3-12-6-15-7/h1-4,6H,5,10H2. The minimum Gasteiger partial charge on any atom is -0.396 e. The van der Waals surface area contributed by atoms with E-state index >= 15 is 0 Å². The summed E-state index contributed by atoms with van der Waals surface area (Å²) in [6.45, 7) is 0. The van der Waals surface area contributed by atoms with Crippen molar-refractivity contribution in [1.29, 1.82) is 0 Å². The molecule has 2 aromatic rings. The van der Waals surface area contributed by atoms with Gasteiger partial charge in [-0.2, -0.15) is 0 Å². The average Bonchev–Trinajstić information content (AvgIpc) is 2.70. The summed E-state index contributed by atoms with van der Waals surface area (Å²) in [4.78, 5) is 8.40. The SMILES string of the molecule is Nc1cnccc1S(=O)(=O)Cc1cncs1. The number of anilines is 1. The van der Waals surface area contributed by atoms with Crippen molar-refractivity contribution in [3.05, 3.63) is 35.0 Å². The Morgan fingerprint density at radius 1 is 1.31 bits per heavy atom. The van der Waals surface area contributed by atoms with Gasteiger partial charge >= 0.3 is 0 Å². The van der Waals surface area contributed by atoms with Crippen LogP contribution in [0.1, 0.15) is 4.88 Å². The monoisotopic (exact) mass is 255 g/mol. The van der Waals surface area contributed by atoms with E-state index in [9.17, 15) is 8.42 Å². The molecule has 0 atom stereocenters. The first kappa shape index (κ1) is 11.0. The summed E-state index contributed by atoms with van der Waals surface area (Å²) < 4.78 is 24.0. The molecule has 0 amide bonds. The minimum absolute atomic E-state index is 0.0775. The summed E-state index contributed by atoms with van der Waals surface area (Å²) in [7, 11) is -3.41. The molecule has 16 heavy (non-hydrogen) atoms. The van der Waals surface area contributed by atoms with Crippen molar-refractivity contribution in [2.45, 2.75) is 10.6 Å². The Kier molecular flexibility index (Phi) is 2.88. The molecule has 0 aliphatic carbocycles. The summed E-state index contributed by atoms with van der Waals surface area (Å²) in [5.41, 5.74) is 7.35. The van der Waals surface area contributed by atoms with Gasteiger partial charge in [0, 0.05) is 17.3 Å². The Bertz CT molecular complexity index is 579. The number of thiazole rings is 1. The maximum atomic E-state index is 12.0. The van der Waals surface area contributed by atoms with Crippen LogP contribution in [-0.4, -0.2) is 18.4 Å². The van der Waals surface area contributed by atoms with E-state index in [1.54, 1.807) is 11.7 Å². The van der Waals surface area contributed by atoms with Crippen molar-refractivity contribution in [2.75, 3.05) is 5.73 Å². The summed E-state index contributed by atoms with van der Waals surface area (Å²) >= 11 is 1.30. The summed E-state index contributed by atoms with van der Waals surface area (Å²) in [5.74, 6) is -0.0775. The minimum atomic E-state index is -3.41. The topological polar surface area (TPSA) is 85.9 Å². The van der Waals surface area contributed by atoms with Crippen molar-refractivity contribution in [3.8, 4) is 0 Å². The molecule has 2 heterocycles. The largest absolute Gasteiger partial charge is 0.396 e. The van der Waals surface area contributed by atoms with E-state index < -0.39 is 9.84 Å². The molecule has 7 heteroatoms. The Balaban J connectivity index is 2.37. The van der Waals surface area contributed by atoms with Gasteiger partial charge in [0.15, 0.2) is 9.84 Å². The fraction of sp³-hybridized carbons (Fsp3) is 0.111. The first-order valence-electron chi connectivity index (χ1n) is 4.39. The Morgan fingerprint density at radius 3 is 2.75 bits per heavy atom. The second-order valence-corrected chi connectivity index (χ2v) is 6.07. The van der Waals surface area contributed by atoms with Crippen LogP contribution in [0.5, 0.6) is 0 Å². The number of nitrogen functional groups attached to an aromatic ring is 1. The molecule has 0 unspecified atom stereocenters. The lowest BCUT2D eigenvalue weighted by Gasteiger charge is -2.04. The third-order valence-electron chi connectivity index (χ3n) is 1.96. The summed E-state index contributed by atoms with van der Waals surface area (Å²) in [6.07, 6.45) is 4.29. The van der Waals surface area contributed by atoms with Crippen LogP contribution in [0.15, 0.2) is 35.1 Å². The summed E-state index contributed by atoms with van der Waals surface area (Å²) in [5, 5.41) is 0. The first-order valence-corrected chi connectivity index (χ1v) is 6.92. The lowest BCUT2D eigenvalue weighted by atomic mass is 10.4. The van der Waals surface area contributed by atoms with E-state index in [1.807, 2.05) is 0 Å². The first-order chi connectivity index (χ1) is 7.59. The number of aromatic nitrogens is 2. The molecule has 5 nitrogen and oxygen atoms in total. The Hall–Kier alpha value is -1.47. The van der Waals surface area contributed by atoms with E-state index in [0.717, 1.165) is 0 Å². The number of hydrogen-bond acceptors (Lipinski definition) is 6. The number of pyridine rings is 1. The van der Waals surface area contributed by atoms with E-state index in [0.29, 0.717) is 4.88 Å². The zero-order valence-corrected chi connectivity index (χ0v) is 9.83. The number of nitrogens with two attached hydrogens (primary N) is 1. The lowest BCUT2D eigenvalue weighted by molar-refractivity contribution is 0.596. The predicted octanol–water partition coefficient (Wildman–Crippen LogP) is 1.09. The van der Waals surface area contributed by atoms with Crippen molar-refractivity contribution in [3.63, 3.8) is 0 Å². The van der Waals surface area contributed by atoms with Gasteiger partial charge in [0.25, 0.3) is 0 Å². The maximum Gasteiger partial charge on any atom is 0.185 e. The highest BCUT2D eigenvalue weighted by atomic mass is 32.2. The lowest BCUT2D eigenvalue weighted by Crippen LogP contribution is -2.07. The molecule has 2 rings (SSSR count). The average molecular weight is 255 g/mol. The second kappa shape index (κ2) is 4.18. The van der Waals surface area contributed by atoms with Gasteiger partial charge in [-0.15, -0.1) is 11.3 Å². The highest BCUT2D eigenvalue weighted by molar-refractivity contribution is 7.91. The van der Waals surface area contributed by atoms with Crippen LogP contribution in [0.2, 0.25) is 0 Å². The molecule has 0 saturated heterocycles. The van der Waals surface area contributed by atoms with Gasteiger partial charge in [-0.05, 0) is 6.07 Å². The van der Waals surface area contributed by atoms with Crippen LogP contribution in [0.4, 0.5) is 5.69 Å². The van der Waals surface area contributed by atoms with Crippen LogP contribution < -0.4 is 5.73 Å². The van der Waals surface area contributed by atoms with Crippen LogP contribution in [-0.2, 0) is 15.6 Å². The van der Waals surface area contributed by atoms with Gasteiger partial charge in [0.2, 0.25) is 0 Å². The smallest absolute Gasteiger partial charge is 0.185 e. The molecule has 2 aromatic heterocycles. The Morgan fingerprint density at radius 2 is 2.12 bits per heavy atom. The van der Waals surface area contributed by atoms with Crippen LogP contribution in [0.3, 0.4) is 0 Å². The molecule has 0 fully saturated rings. The van der Waals surface area contributed by atoms with E-state index in [-0.39, 0.29) is 16.3 Å². The van der Waals surface area contributed by atoms with Crippen LogP contribution in [0, 0.1) is 0 Å². The predicted molar refractivity (Wildman–Crippen MR) is 61.7 cm³/mol. The van der Waals surface area contributed by atoms with Crippen molar-refractivity contribution in [1.82, 2.24) is 9.97 Å². The van der Waals surface area contributed by atoms with Gasteiger partial charge < -0.3 is 5.73 Å². The number of nitrogens with zero attached hydrogens (tertiary/aromatic N) is 2. The molecule has 0 aliphatic rings. The molecular formula is C9H9N3O2S2. The highest BCUT2D eigenvalue weighted by Crippen LogP contribution is 2.22. The molecule has 0 spiro atoms. The molecule has 0 saturated carbocycles. The number of rotatable bonds is 3. The van der Waals surface area contributed by atoms with Gasteiger partial charge in [-0.3, -0.25) is 9.97 Å². The molecule has 0 aromatic carbocycles. The molecule has 2 N–H and O–H groups in total. The van der Waals surface area contributed by atoms with Crippen LogP contribution in [0.25, 0.3) is 0 Å². The Labute approximate surface area is 96.9 Å². The maximum absolute atomic E-state index is 12.0. The fourth-order valence-electron chi connectivity index (χ4n) is 1.26. The van der Waals surface area contributed by atoms with E-state index in [4.69, 9.17) is 5.73 Å². The van der Waals surface area contributed by atoms with Crippen molar-refractivity contribution >= 4 is 26.9 Å². The van der Waals surface area contributed by atoms with Gasteiger partial charge in [0.05, 0.1) is 28.0 Å². The fourth-order valence-corrected chi connectivity index (χ4v) is 3.66. The zero-order chi connectivity index (χ0) is 11.6. The van der Waals surface area contributed by atoms with Gasteiger partial charge in [-0.25, -0.2) is 8.42 Å². The number of hydrogen-bond donors (Lipinski definition) is 1. The highest BCUT2D eigenvalue weighted by Gasteiger charge is 2.18. The summed E-state index contributed by atoms with van der Waals surface area (Å²) in [6, 6.07) is 1.41. The third-order valence-corrected chi connectivity index (χ3v) is 4.66. The molecule has 84 valence electrons. The molecule has 0 aliphatic heterocycles. The van der Waals surface area contributed by atoms with E-state index in [2.05, 4.69) is 9.97 Å². The zero-order valence-electron chi connectivity index (χ0n) is 8.20. The molecule has 0 bridgehead atoms. The van der Waals surface area contributed by atoms with Crippen molar-refractivity contribution in [2.24, 2.45) is 0 Å². The van der Waals surface area contributed by atoms with Gasteiger partial charge in [0.1, 0.15) is 0 Å². The van der Waals surface area contributed by atoms with Crippen molar-refractivity contribution < 1.29 is 8.42 Å². The molecule has 0 radical (unpaired) electrons. The third kappa shape index (κ3) is 2.20.